The fraction of sp³-hybridized carbons (Fsp3) is 0.278. The second-order valence-corrected chi connectivity index (χ2v) is 6.64. The smallest absolute Gasteiger partial charge is 0.326 e. The summed E-state index contributed by atoms with van der Waals surface area (Å²) in [7, 11) is 0. The number of thiazole rings is 1. The average Bonchev–Trinajstić information content (AvgIpc) is 3.07. The van der Waals surface area contributed by atoms with Crippen molar-refractivity contribution in [1.82, 2.24) is 4.57 Å². The van der Waals surface area contributed by atoms with E-state index in [1.54, 1.807) is 37.5 Å². The maximum atomic E-state index is 13.5. The molecule has 0 atom stereocenters. The predicted molar refractivity (Wildman–Crippen MR) is 94.5 cm³/mol. The van der Waals surface area contributed by atoms with E-state index in [1.165, 1.54) is 12.1 Å². The summed E-state index contributed by atoms with van der Waals surface area (Å²) < 4.78 is 26.0. The Labute approximate surface area is 152 Å². The topological polar surface area (TPSA) is 73.8 Å². The Balaban J connectivity index is 2.12. The van der Waals surface area contributed by atoms with Crippen LogP contribution in [0.5, 0.6) is 0 Å². The van der Waals surface area contributed by atoms with E-state index in [0.29, 0.717) is 32.1 Å². The molecule has 8 heteroatoms. The van der Waals surface area contributed by atoms with Crippen molar-refractivity contribution in [1.29, 1.82) is 0 Å². The van der Waals surface area contributed by atoms with E-state index >= 15 is 0 Å². The summed E-state index contributed by atoms with van der Waals surface area (Å²) in [5.41, 5.74) is 0.963. The molecule has 1 amide bonds. The highest BCUT2D eigenvalue weighted by atomic mass is 32.1. The summed E-state index contributed by atoms with van der Waals surface area (Å²) in [6.07, 6.45) is 0. The molecule has 136 valence electrons. The largest absolute Gasteiger partial charge is 0.466 e. The Morgan fingerprint density at radius 2 is 2.08 bits per heavy atom. The molecule has 0 radical (unpaired) electrons. The minimum absolute atomic E-state index is 0.116. The Hall–Kier alpha value is -2.74. The zero-order valence-electron chi connectivity index (χ0n) is 14.5. The minimum atomic E-state index is -0.482. The number of benzene rings is 1. The maximum Gasteiger partial charge on any atom is 0.326 e. The lowest BCUT2D eigenvalue weighted by atomic mass is 10.2. The molecular weight excluding hydrogens is 359 g/mol. The minimum Gasteiger partial charge on any atom is -0.466 e. The third-order valence-electron chi connectivity index (χ3n) is 3.71. The molecule has 0 saturated heterocycles. The van der Waals surface area contributed by atoms with Gasteiger partial charge in [-0.1, -0.05) is 11.3 Å². The van der Waals surface area contributed by atoms with Crippen LogP contribution in [0.4, 0.5) is 4.39 Å². The van der Waals surface area contributed by atoms with E-state index in [9.17, 15) is 14.0 Å². The molecule has 3 aromatic rings. The van der Waals surface area contributed by atoms with Crippen molar-refractivity contribution in [3.63, 3.8) is 0 Å². The number of carbonyl (C=O) groups is 2. The van der Waals surface area contributed by atoms with Gasteiger partial charge in [0.25, 0.3) is 5.91 Å². The molecule has 2 heterocycles. The first kappa shape index (κ1) is 18.1. The summed E-state index contributed by atoms with van der Waals surface area (Å²) in [5.74, 6) is -0.259. The molecule has 2 aromatic heterocycles. The molecule has 0 bridgehead atoms. The number of carbonyl (C=O) groups excluding carboxylic acids is 2. The van der Waals surface area contributed by atoms with Crippen LogP contribution in [-0.4, -0.2) is 23.1 Å². The standard InChI is InChI=1S/C18H17FN2O4S/c1-4-24-16(22)9-21-14-6-5-12(19)8-15(14)26-18(21)20-17(23)13-7-10(2)25-11(13)3/h5-8H,4,9H2,1-3H3. The van der Waals surface area contributed by atoms with E-state index < -0.39 is 17.7 Å². The molecule has 0 aliphatic heterocycles. The van der Waals surface area contributed by atoms with Gasteiger partial charge in [0.15, 0.2) is 4.80 Å². The lowest BCUT2D eigenvalue weighted by Crippen LogP contribution is -2.23. The molecule has 0 aliphatic carbocycles. The predicted octanol–water partition coefficient (Wildman–Crippen LogP) is 3.36. The van der Waals surface area contributed by atoms with Crippen LogP contribution in [0.15, 0.2) is 33.7 Å². The van der Waals surface area contributed by atoms with E-state index in [0.717, 1.165) is 11.3 Å². The fourth-order valence-corrected chi connectivity index (χ4v) is 3.66. The van der Waals surface area contributed by atoms with E-state index in [-0.39, 0.29) is 13.2 Å². The molecule has 0 fully saturated rings. The van der Waals surface area contributed by atoms with Crippen molar-refractivity contribution in [2.45, 2.75) is 27.3 Å². The van der Waals surface area contributed by atoms with Gasteiger partial charge in [-0.2, -0.15) is 4.99 Å². The van der Waals surface area contributed by atoms with Crippen LogP contribution in [0.3, 0.4) is 0 Å². The molecule has 0 N–H and O–H groups in total. The number of furan rings is 1. The lowest BCUT2D eigenvalue weighted by molar-refractivity contribution is -0.143. The summed E-state index contributed by atoms with van der Waals surface area (Å²) in [6, 6.07) is 5.81. The van der Waals surface area contributed by atoms with Crippen LogP contribution in [-0.2, 0) is 16.1 Å². The average molecular weight is 376 g/mol. The van der Waals surface area contributed by atoms with Crippen LogP contribution < -0.4 is 4.80 Å². The van der Waals surface area contributed by atoms with Crippen molar-refractivity contribution >= 4 is 33.4 Å². The van der Waals surface area contributed by atoms with Gasteiger partial charge < -0.3 is 13.7 Å². The monoisotopic (exact) mass is 376 g/mol. The van der Waals surface area contributed by atoms with Gasteiger partial charge in [0.2, 0.25) is 0 Å². The van der Waals surface area contributed by atoms with Crippen LogP contribution >= 0.6 is 11.3 Å². The SMILES string of the molecule is CCOC(=O)Cn1c(=NC(=O)c2cc(C)oc2C)sc2cc(F)ccc21. The molecule has 1 aromatic carbocycles. The summed E-state index contributed by atoms with van der Waals surface area (Å²) in [5, 5.41) is 0. The molecule has 0 unspecified atom stereocenters. The number of hydrogen-bond acceptors (Lipinski definition) is 5. The van der Waals surface area contributed by atoms with Crippen LogP contribution in [0.2, 0.25) is 0 Å². The number of aryl methyl sites for hydroxylation is 2. The fourth-order valence-electron chi connectivity index (χ4n) is 2.61. The van der Waals surface area contributed by atoms with Gasteiger partial charge in [-0.25, -0.2) is 4.39 Å². The lowest BCUT2D eigenvalue weighted by Gasteiger charge is -2.05. The Bertz CT molecular complexity index is 1060. The van der Waals surface area contributed by atoms with Gasteiger partial charge in [0.05, 0.1) is 22.4 Å². The number of fused-ring (bicyclic) bond motifs is 1. The Morgan fingerprint density at radius 1 is 1.31 bits per heavy atom. The second kappa shape index (κ2) is 7.25. The summed E-state index contributed by atoms with van der Waals surface area (Å²) in [6.45, 7) is 5.27. The molecule has 3 rings (SSSR count). The first-order chi connectivity index (χ1) is 12.4. The molecule has 26 heavy (non-hydrogen) atoms. The van der Waals surface area contributed by atoms with E-state index in [2.05, 4.69) is 4.99 Å². The molecule has 0 saturated carbocycles. The number of aromatic nitrogens is 1. The number of halogens is 1. The summed E-state index contributed by atoms with van der Waals surface area (Å²) >= 11 is 1.13. The third kappa shape index (κ3) is 3.60. The number of esters is 1. The quantitative estimate of drug-likeness (QED) is 0.655. The van der Waals surface area contributed by atoms with Gasteiger partial charge >= 0.3 is 5.97 Å². The van der Waals surface area contributed by atoms with Crippen LogP contribution in [0, 0.1) is 19.7 Å². The van der Waals surface area contributed by atoms with Gasteiger partial charge in [-0.05, 0) is 45.0 Å². The normalized spacial score (nSPS) is 11.9. The van der Waals surface area contributed by atoms with Gasteiger partial charge in [0.1, 0.15) is 23.9 Å². The van der Waals surface area contributed by atoms with Crippen LogP contribution in [0.1, 0.15) is 28.8 Å². The van der Waals surface area contributed by atoms with Crippen LogP contribution in [0.25, 0.3) is 10.2 Å². The molecule has 0 spiro atoms. The summed E-state index contributed by atoms with van der Waals surface area (Å²) in [4.78, 5) is 28.9. The molecule has 0 aliphatic rings. The second-order valence-electron chi connectivity index (χ2n) is 5.63. The van der Waals surface area contributed by atoms with Crippen molar-refractivity contribution in [3.05, 3.63) is 52.0 Å². The molecule has 6 nitrogen and oxygen atoms in total. The van der Waals surface area contributed by atoms with Crippen molar-refractivity contribution in [3.8, 4) is 0 Å². The zero-order chi connectivity index (χ0) is 18.8. The maximum absolute atomic E-state index is 13.5. The number of amides is 1. The number of nitrogens with zero attached hydrogens (tertiary/aromatic N) is 2. The van der Waals surface area contributed by atoms with Crippen molar-refractivity contribution in [2.24, 2.45) is 4.99 Å². The van der Waals surface area contributed by atoms with E-state index in [1.807, 2.05) is 0 Å². The highest BCUT2D eigenvalue weighted by Crippen LogP contribution is 2.20. The van der Waals surface area contributed by atoms with E-state index in [4.69, 9.17) is 9.15 Å². The highest BCUT2D eigenvalue weighted by molar-refractivity contribution is 7.16. The van der Waals surface area contributed by atoms with Gasteiger partial charge in [0, 0.05) is 0 Å². The number of rotatable bonds is 4. The zero-order valence-corrected chi connectivity index (χ0v) is 15.4. The first-order valence-electron chi connectivity index (χ1n) is 7.99. The highest BCUT2D eigenvalue weighted by Gasteiger charge is 2.16. The van der Waals surface area contributed by atoms with Crippen molar-refractivity contribution in [2.75, 3.05) is 6.61 Å². The molecular formula is C18H17FN2O4S. The number of ether oxygens (including phenoxy) is 1. The Morgan fingerprint density at radius 3 is 2.73 bits per heavy atom. The van der Waals surface area contributed by atoms with Gasteiger partial charge in [-0.15, -0.1) is 0 Å². The van der Waals surface area contributed by atoms with Crippen molar-refractivity contribution < 1.29 is 23.1 Å². The number of hydrogen-bond donors (Lipinski definition) is 0. The Kier molecular flexibility index (Phi) is 5.03. The van der Waals surface area contributed by atoms with Gasteiger partial charge in [-0.3, -0.25) is 9.59 Å². The first-order valence-corrected chi connectivity index (χ1v) is 8.81. The third-order valence-corrected chi connectivity index (χ3v) is 4.75.